The summed E-state index contributed by atoms with van der Waals surface area (Å²) in [5.74, 6) is 0. The van der Waals surface area contributed by atoms with Crippen LogP contribution in [-0.2, 0) is 0 Å². The minimum Gasteiger partial charge on any atom is -0.303 e. The molecule has 1 nitrogen and oxygen atoms in total. The Bertz CT molecular complexity index is 518. The van der Waals surface area contributed by atoms with Gasteiger partial charge in [-0.1, -0.05) is 213 Å². The van der Waals surface area contributed by atoms with Crippen molar-refractivity contribution in [3.05, 3.63) is 12.2 Å². The summed E-state index contributed by atoms with van der Waals surface area (Å²) >= 11 is 0. The average molecular weight is 655 g/mol. The maximum atomic E-state index is 2.85. The van der Waals surface area contributed by atoms with Crippen molar-refractivity contribution in [1.82, 2.24) is 4.90 Å². The first kappa shape index (κ1) is 47.1. The molecule has 0 heterocycles. The molecule has 0 N–H and O–H groups in total. The lowest BCUT2D eigenvalue weighted by Crippen LogP contribution is -2.27. The van der Waals surface area contributed by atoms with E-state index in [-0.39, 0.29) is 12.4 Å². The minimum absolute atomic E-state index is 0. The monoisotopic (exact) mass is 654 g/mol. The van der Waals surface area contributed by atoms with E-state index in [0.717, 1.165) is 0 Å². The summed E-state index contributed by atoms with van der Waals surface area (Å²) in [6.45, 7) is 11.0. The van der Waals surface area contributed by atoms with E-state index in [1.165, 1.54) is 244 Å². The molecule has 0 saturated heterocycles. The lowest BCUT2D eigenvalue weighted by atomic mass is 10.0. The molecule has 0 radical (unpaired) electrons. The number of unbranched alkanes of at least 4 members (excludes halogenated alkanes) is 31. The molecule has 0 saturated carbocycles. The highest BCUT2D eigenvalue weighted by Gasteiger charge is 2.05. The van der Waals surface area contributed by atoms with Crippen LogP contribution in [0.5, 0.6) is 0 Å². The third kappa shape index (κ3) is 42.0. The molecule has 0 bridgehead atoms. The van der Waals surface area contributed by atoms with Crippen molar-refractivity contribution >= 4 is 12.4 Å². The average Bonchev–Trinajstić information content (AvgIpc) is 3.03. The molecule has 0 amide bonds. The molecular formula is C43H88ClN. The van der Waals surface area contributed by atoms with E-state index in [4.69, 9.17) is 0 Å². The Morgan fingerprint density at radius 1 is 0.267 bits per heavy atom. The summed E-state index contributed by atoms with van der Waals surface area (Å²) in [6.07, 6.45) is 55.1. The number of hydrogen-bond acceptors (Lipinski definition) is 1. The fourth-order valence-corrected chi connectivity index (χ4v) is 6.74. The third-order valence-electron chi connectivity index (χ3n) is 9.89. The molecule has 2 heteroatoms. The van der Waals surface area contributed by atoms with Gasteiger partial charge < -0.3 is 4.90 Å². The number of hydrogen-bond donors (Lipinski definition) is 0. The predicted molar refractivity (Wildman–Crippen MR) is 211 cm³/mol. The second-order valence-corrected chi connectivity index (χ2v) is 14.5. The molecule has 0 aliphatic heterocycles. The van der Waals surface area contributed by atoms with Crippen LogP contribution in [0.1, 0.15) is 245 Å². The van der Waals surface area contributed by atoms with Crippen molar-refractivity contribution < 1.29 is 0 Å². The first-order valence-electron chi connectivity index (χ1n) is 21.2. The van der Waals surface area contributed by atoms with Gasteiger partial charge >= 0.3 is 0 Å². The zero-order valence-electron chi connectivity index (χ0n) is 31.9. The lowest BCUT2D eigenvalue weighted by Gasteiger charge is -2.22. The first-order valence-corrected chi connectivity index (χ1v) is 21.2. The van der Waals surface area contributed by atoms with Crippen LogP contribution >= 0.6 is 12.4 Å². The second-order valence-electron chi connectivity index (χ2n) is 14.5. The minimum atomic E-state index is 0. The van der Waals surface area contributed by atoms with Crippen LogP contribution in [0.25, 0.3) is 0 Å². The Hall–Kier alpha value is -0.0100. The first-order chi connectivity index (χ1) is 21.8. The van der Waals surface area contributed by atoms with Crippen molar-refractivity contribution in [3.63, 3.8) is 0 Å². The van der Waals surface area contributed by atoms with Crippen molar-refractivity contribution in [2.45, 2.75) is 245 Å². The zero-order chi connectivity index (χ0) is 31.9. The van der Waals surface area contributed by atoms with Gasteiger partial charge in [-0.15, -0.1) is 12.4 Å². The molecule has 0 aromatic rings. The molecule has 0 aromatic carbocycles. The van der Waals surface area contributed by atoms with Crippen molar-refractivity contribution in [2.24, 2.45) is 0 Å². The highest BCUT2D eigenvalue weighted by atomic mass is 35.5. The summed E-state index contributed by atoms with van der Waals surface area (Å²) in [5.41, 5.74) is 0. The van der Waals surface area contributed by atoms with Crippen molar-refractivity contribution in [3.8, 4) is 0 Å². The van der Waals surface area contributed by atoms with E-state index in [2.05, 4.69) is 37.8 Å². The topological polar surface area (TPSA) is 3.24 Å². The second kappa shape index (κ2) is 44.0. The van der Waals surface area contributed by atoms with E-state index in [0.29, 0.717) is 0 Å². The summed E-state index contributed by atoms with van der Waals surface area (Å²) in [5, 5.41) is 0. The fraction of sp³-hybridized carbons (Fsp3) is 0.953. The molecular weight excluding hydrogens is 566 g/mol. The maximum absolute atomic E-state index is 2.85. The Kier molecular flexibility index (Phi) is 46.1. The van der Waals surface area contributed by atoms with Gasteiger partial charge in [-0.3, -0.25) is 0 Å². The number of allylic oxidation sites excluding steroid dienone is 2. The number of rotatable bonds is 39. The predicted octanol–water partition coefficient (Wildman–Crippen LogP) is 16.0. The van der Waals surface area contributed by atoms with E-state index in [9.17, 15) is 0 Å². The van der Waals surface area contributed by atoms with Gasteiger partial charge in [-0.2, -0.15) is 0 Å². The molecule has 45 heavy (non-hydrogen) atoms. The Morgan fingerprint density at radius 2 is 0.467 bits per heavy atom. The molecule has 272 valence electrons. The summed E-state index contributed by atoms with van der Waals surface area (Å²) < 4.78 is 0. The van der Waals surface area contributed by atoms with Gasteiger partial charge in [-0.05, 0) is 64.6 Å². The molecule has 0 aliphatic rings. The van der Waals surface area contributed by atoms with Crippen LogP contribution in [0.3, 0.4) is 0 Å². The smallest absolute Gasteiger partial charge is 0.00187 e. The van der Waals surface area contributed by atoms with Gasteiger partial charge in [-0.25, -0.2) is 0 Å². The van der Waals surface area contributed by atoms with Gasteiger partial charge in [0.2, 0.25) is 0 Å². The normalized spacial score (nSPS) is 11.6. The van der Waals surface area contributed by atoms with Crippen LogP contribution in [0.15, 0.2) is 12.2 Å². The highest BCUT2D eigenvalue weighted by Crippen LogP contribution is 2.15. The quantitative estimate of drug-likeness (QED) is 0.0471. The van der Waals surface area contributed by atoms with Gasteiger partial charge in [0.25, 0.3) is 0 Å². The van der Waals surface area contributed by atoms with Gasteiger partial charge in [0.15, 0.2) is 0 Å². The molecule has 0 atom stereocenters. The maximum Gasteiger partial charge on any atom is -0.00187 e. The van der Waals surface area contributed by atoms with Crippen LogP contribution < -0.4 is 0 Å². The van der Waals surface area contributed by atoms with Crippen LogP contribution in [0, 0.1) is 0 Å². The molecule has 0 aliphatic carbocycles. The molecule has 0 unspecified atom stereocenters. The van der Waals surface area contributed by atoms with Gasteiger partial charge in [0, 0.05) is 0 Å². The van der Waals surface area contributed by atoms with Gasteiger partial charge in [0.1, 0.15) is 0 Å². The van der Waals surface area contributed by atoms with Crippen molar-refractivity contribution in [1.29, 1.82) is 0 Å². The summed E-state index contributed by atoms with van der Waals surface area (Å²) in [7, 11) is 0. The van der Waals surface area contributed by atoms with Crippen LogP contribution in [0.2, 0.25) is 0 Å². The SMILES string of the molecule is CCCCCCCCC=CCCCCCCCCN(CCCCCCCCCCC)CCCCCCCCCCCCCC.Cl. The lowest BCUT2D eigenvalue weighted by molar-refractivity contribution is 0.254. The van der Waals surface area contributed by atoms with E-state index in [1.54, 1.807) is 0 Å². The number of halogens is 1. The molecule has 0 rings (SSSR count). The molecule has 0 fully saturated rings. The standard InChI is InChI=1S/C43H87N.ClH/c1-4-7-10-13-16-19-21-23-24-25-26-28-31-34-37-40-43-44(41-38-35-32-29-18-15-12-9-6-3)42-39-36-33-30-27-22-20-17-14-11-8-5-2;/h23-24H,4-22,25-43H2,1-3H3;1H. The van der Waals surface area contributed by atoms with E-state index in [1.807, 2.05) is 0 Å². The van der Waals surface area contributed by atoms with Crippen molar-refractivity contribution in [2.75, 3.05) is 19.6 Å². The van der Waals surface area contributed by atoms with Crippen LogP contribution in [0.4, 0.5) is 0 Å². The highest BCUT2D eigenvalue weighted by molar-refractivity contribution is 5.85. The Labute approximate surface area is 293 Å². The zero-order valence-corrected chi connectivity index (χ0v) is 32.7. The summed E-state index contributed by atoms with van der Waals surface area (Å²) in [6, 6.07) is 0. The van der Waals surface area contributed by atoms with Crippen LogP contribution in [-0.4, -0.2) is 24.5 Å². The fourth-order valence-electron chi connectivity index (χ4n) is 6.74. The Morgan fingerprint density at radius 3 is 0.711 bits per heavy atom. The summed E-state index contributed by atoms with van der Waals surface area (Å²) in [4.78, 5) is 2.85. The molecule has 0 spiro atoms. The van der Waals surface area contributed by atoms with E-state index >= 15 is 0 Å². The van der Waals surface area contributed by atoms with Gasteiger partial charge in [0.05, 0.1) is 0 Å². The number of nitrogens with zero attached hydrogens (tertiary/aromatic N) is 1. The molecule has 0 aromatic heterocycles. The van der Waals surface area contributed by atoms with E-state index < -0.39 is 0 Å². The third-order valence-corrected chi connectivity index (χ3v) is 9.89. The Balaban J connectivity index is 0. The largest absolute Gasteiger partial charge is 0.303 e.